The van der Waals surface area contributed by atoms with Gasteiger partial charge in [-0.05, 0) is 24.1 Å². The van der Waals surface area contributed by atoms with Gasteiger partial charge in [0.1, 0.15) is 5.56 Å². The van der Waals surface area contributed by atoms with Crippen molar-refractivity contribution in [3.05, 3.63) is 50.1 Å². The molecular weight excluding hydrogens is 292 g/mol. The van der Waals surface area contributed by atoms with Crippen LogP contribution < -0.4 is 11.2 Å². The number of hydrogen-bond donors (Lipinski definition) is 2. The normalized spacial score (nSPS) is 10.8. The number of benzene rings is 1. The number of aromatic amines is 1. The van der Waals surface area contributed by atoms with Crippen molar-refractivity contribution >= 4 is 11.6 Å². The van der Waals surface area contributed by atoms with Gasteiger partial charge in [-0.2, -0.15) is 0 Å². The monoisotopic (exact) mass is 308 g/mol. The van der Waals surface area contributed by atoms with Gasteiger partial charge in [0.05, 0.1) is 0 Å². The van der Waals surface area contributed by atoms with Crippen LogP contribution in [-0.2, 0) is 6.54 Å². The lowest BCUT2D eigenvalue weighted by molar-refractivity contribution is 0.396. The zero-order valence-corrected chi connectivity index (χ0v) is 12.5. The van der Waals surface area contributed by atoms with Crippen LogP contribution in [0.5, 0.6) is 5.88 Å². The highest BCUT2D eigenvalue weighted by atomic mass is 35.5. The van der Waals surface area contributed by atoms with E-state index in [0.29, 0.717) is 17.1 Å². The van der Waals surface area contributed by atoms with E-state index in [1.54, 1.807) is 24.3 Å². The van der Waals surface area contributed by atoms with E-state index in [-0.39, 0.29) is 11.4 Å². The average Bonchev–Trinajstić information content (AvgIpc) is 2.44. The van der Waals surface area contributed by atoms with Crippen molar-refractivity contribution in [1.29, 1.82) is 0 Å². The Kier molecular flexibility index (Phi) is 4.85. The number of aromatic hydroxyl groups is 1. The maximum absolute atomic E-state index is 12.0. The van der Waals surface area contributed by atoms with Crippen molar-refractivity contribution in [2.45, 2.75) is 32.7 Å². The molecule has 112 valence electrons. The van der Waals surface area contributed by atoms with Crippen LogP contribution >= 0.6 is 11.6 Å². The molecule has 21 heavy (non-hydrogen) atoms. The molecule has 0 saturated carbocycles. The average molecular weight is 309 g/mol. The highest BCUT2D eigenvalue weighted by molar-refractivity contribution is 6.30. The summed E-state index contributed by atoms with van der Waals surface area (Å²) in [6, 6.07) is 6.52. The number of unbranched alkanes of at least 4 members (excludes halogenated alkanes) is 2. The zero-order valence-electron chi connectivity index (χ0n) is 11.7. The predicted molar refractivity (Wildman–Crippen MR) is 83.0 cm³/mol. The molecule has 0 radical (unpaired) electrons. The van der Waals surface area contributed by atoms with E-state index in [9.17, 15) is 14.7 Å². The van der Waals surface area contributed by atoms with E-state index in [2.05, 4.69) is 11.9 Å². The number of halogens is 1. The molecule has 0 aliphatic heterocycles. The van der Waals surface area contributed by atoms with E-state index in [1.165, 1.54) is 4.57 Å². The molecular formula is C15H17ClN2O3. The Labute approximate surface area is 126 Å². The van der Waals surface area contributed by atoms with Crippen molar-refractivity contribution in [3.8, 4) is 17.0 Å². The maximum atomic E-state index is 12.0. The molecule has 0 saturated heterocycles. The van der Waals surface area contributed by atoms with E-state index in [0.717, 1.165) is 19.3 Å². The van der Waals surface area contributed by atoms with Crippen LogP contribution in [0.3, 0.4) is 0 Å². The quantitative estimate of drug-likeness (QED) is 0.834. The first-order chi connectivity index (χ1) is 10.0. The summed E-state index contributed by atoms with van der Waals surface area (Å²) in [6.07, 6.45) is 2.71. The van der Waals surface area contributed by atoms with Gasteiger partial charge >= 0.3 is 5.69 Å². The van der Waals surface area contributed by atoms with Crippen molar-refractivity contribution in [3.63, 3.8) is 0 Å². The van der Waals surface area contributed by atoms with Crippen LogP contribution in [0.1, 0.15) is 26.2 Å². The summed E-state index contributed by atoms with van der Waals surface area (Å²) >= 11 is 5.82. The molecule has 1 heterocycles. The van der Waals surface area contributed by atoms with Crippen molar-refractivity contribution in [2.24, 2.45) is 0 Å². The maximum Gasteiger partial charge on any atom is 0.331 e. The minimum Gasteiger partial charge on any atom is -0.494 e. The Morgan fingerprint density at radius 3 is 2.48 bits per heavy atom. The smallest absolute Gasteiger partial charge is 0.331 e. The first-order valence-electron chi connectivity index (χ1n) is 6.86. The molecule has 2 aromatic rings. The molecule has 0 amide bonds. The zero-order chi connectivity index (χ0) is 15.4. The summed E-state index contributed by atoms with van der Waals surface area (Å²) in [5.74, 6) is -0.304. The summed E-state index contributed by atoms with van der Waals surface area (Å²) in [5, 5.41) is 10.8. The third-order valence-corrected chi connectivity index (χ3v) is 3.54. The molecule has 5 nitrogen and oxygen atoms in total. The lowest BCUT2D eigenvalue weighted by Gasteiger charge is -2.11. The molecule has 0 fully saturated rings. The van der Waals surface area contributed by atoms with Gasteiger partial charge in [-0.3, -0.25) is 14.3 Å². The Bertz CT molecular complexity index is 732. The largest absolute Gasteiger partial charge is 0.494 e. The molecule has 0 aliphatic carbocycles. The molecule has 6 heteroatoms. The minimum absolute atomic E-state index is 0.0859. The Hall–Kier alpha value is -2.01. The second-order valence-electron chi connectivity index (χ2n) is 4.82. The fourth-order valence-electron chi connectivity index (χ4n) is 2.16. The Morgan fingerprint density at radius 1 is 1.19 bits per heavy atom. The van der Waals surface area contributed by atoms with Gasteiger partial charge in [-0.25, -0.2) is 4.79 Å². The second kappa shape index (κ2) is 6.63. The summed E-state index contributed by atoms with van der Waals surface area (Å²) in [4.78, 5) is 26.0. The number of nitrogens with one attached hydrogen (secondary N) is 1. The first kappa shape index (κ1) is 15.4. The van der Waals surface area contributed by atoms with Crippen LogP contribution in [0.4, 0.5) is 0 Å². The third-order valence-electron chi connectivity index (χ3n) is 3.29. The van der Waals surface area contributed by atoms with Gasteiger partial charge in [-0.15, -0.1) is 0 Å². The molecule has 2 N–H and O–H groups in total. The first-order valence-corrected chi connectivity index (χ1v) is 7.24. The van der Waals surface area contributed by atoms with Crippen LogP contribution in [0, 0.1) is 0 Å². The van der Waals surface area contributed by atoms with E-state index < -0.39 is 11.2 Å². The molecule has 1 aromatic heterocycles. The van der Waals surface area contributed by atoms with E-state index >= 15 is 0 Å². The van der Waals surface area contributed by atoms with E-state index in [4.69, 9.17) is 11.6 Å². The SMILES string of the molecule is CCCCCn1c(O)c(-c2ccc(Cl)cc2)c(=O)[nH]c1=O. The summed E-state index contributed by atoms with van der Waals surface area (Å²) in [6.45, 7) is 2.42. The highest BCUT2D eigenvalue weighted by Gasteiger charge is 2.15. The van der Waals surface area contributed by atoms with Gasteiger partial charge in [0.2, 0.25) is 5.88 Å². The standard InChI is InChI=1S/C15H17ClN2O3/c1-2-3-4-9-18-14(20)12(13(19)17-15(18)21)10-5-7-11(16)8-6-10/h5-8,20H,2-4,9H2,1H3,(H,17,19,21). The highest BCUT2D eigenvalue weighted by Crippen LogP contribution is 2.25. The molecule has 0 bridgehead atoms. The molecule has 0 atom stereocenters. The van der Waals surface area contributed by atoms with Gasteiger partial charge in [-0.1, -0.05) is 43.5 Å². The van der Waals surface area contributed by atoms with Crippen molar-refractivity contribution in [1.82, 2.24) is 9.55 Å². The molecule has 0 spiro atoms. The number of nitrogens with zero attached hydrogens (tertiary/aromatic N) is 1. The van der Waals surface area contributed by atoms with Crippen molar-refractivity contribution in [2.75, 3.05) is 0 Å². The topological polar surface area (TPSA) is 75.1 Å². The van der Waals surface area contributed by atoms with Gasteiger partial charge in [0.15, 0.2) is 0 Å². The lowest BCUT2D eigenvalue weighted by Crippen LogP contribution is -2.31. The van der Waals surface area contributed by atoms with Crippen LogP contribution in [0.2, 0.25) is 5.02 Å². The minimum atomic E-state index is -0.605. The number of aromatic nitrogens is 2. The third kappa shape index (κ3) is 3.36. The summed E-state index contributed by atoms with van der Waals surface area (Å²) < 4.78 is 1.20. The van der Waals surface area contributed by atoms with Crippen LogP contribution in [-0.4, -0.2) is 14.7 Å². The predicted octanol–water partition coefficient (Wildman–Crippen LogP) is 2.75. The number of H-pyrrole nitrogens is 1. The molecule has 2 rings (SSSR count). The number of hydrogen-bond acceptors (Lipinski definition) is 3. The summed E-state index contributed by atoms with van der Waals surface area (Å²) in [5.41, 5.74) is -0.594. The Morgan fingerprint density at radius 2 is 1.86 bits per heavy atom. The fourth-order valence-corrected chi connectivity index (χ4v) is 2.29. The van der Waals surface area contributed by atoms with Crippen molar-refractivity contribution < 1.29 is 5.11 Å². The van der Waals surface area contributed by atoms with Gasteiger partial charge in [0, 0.05) is 11.6 Å². The summed E-state index contributed by atoms with van der Waals surface area (Å²) in [7, 11) is 0. The number of rotatable bonds is 5. The molecule has 1 aromatic carbocycles. The van der Waals surface area contributed by atoms with Crippen LogP contribution in [0.15, 0.2) is 33.9 Å². The van der Waals surface area contributed by atoms with Crippen LogP contribution in [0.25, 0.3) is 11.1 Å². The lowest BCUT2D eigenvalue weighted by atomic mass is 10.1. The van der Waals surface area contributed by atoms with Gasteiger partial charge in [0.25, 0.3) is 5.56 Å². The van der Waals surface area contributed by atoms with Gasteiger partial charge < -0.3 is 5.11 Å². The molecule has 0 unspecified atom stereocenters. The second-order valence-corrected chi connectivity index (χ2v) is 5.26. The fraction of sp³-hybridized carbons (Fsp3) is 0.333. The Balaban J connectivity index is 2.51. The van der Waals surface area contributed by atoms with E-state index in [1.807, 2.05) is 0 Å². The molecule has 0 aliphatic rings.